The van der Waals surface area contributed by atoms with Crippen LogP contribution in [0.25, 0.3) is 10.9 Å². The lowest BCUT2D eigenvalue weighted by atomic mass is 9.86. The van der Waals surface area contributed by atoms with E-state index in [9.17, 15) is 9.18 Å². The molecule has 9 nitrogen and oxygen atoms in total. The molecule has 0 bridgehead atoms. The Morgan fingerprint density at radius 1 is 1.25 bits per heavy atom. The first kappa shape index (κ1) is 32.3. The highest BCUT2D eigenvalue weighted by atomic mass is 19.1. The van der Waals surface area contributed by atoms with Crippen LogP contribution in [-0.2, 0) is 25.4 Å². The van der Waals surface area contributed by atoms with Gasteiger partial charge in [-0.3, -0.25) is 19.0 Å². The Bertz CT molecular complexity index is 1440. The minimum atomic E-state index is -0.391. The lowest BCUT2D eigenvalue weighted by molar-refractivity contribution is -0.145. The fraction of sp³-hybridized carbons (Fsp3) is 0.588. The molecule has 2 unspecified atom stereocenters. The lowest BCUT2D eigenvalue weighted by Crippen LogP contribution is -2.46. The van der Waals surface area contributed by atoms with Gasteiger partial charge in [0.2, 0.25) is 5.88 Å². The number of epoxide rings is 1. The molecule has 2 aliphatic rings. The second-order valence-corrected chi connectivity index (χ2v) is 13.0. The van der Waals surface area contributed by atoms with Crippen LogP contribution in [-0.4, -0.2) is 89.9 Å². The number of aromatic nitrogens is 2. The van der Waals surface area contributed by atoms with Gasteiger partial charge in [-0.25, -0.2) is 4.98 Å². The number of pyridine rings is 1. The number of para-hydroxylation sites is 1. The highest BCUT2D eigenvalue weighted by molar-refractivity contribution is 5.85. The number of alkyl halides is 1. The molecule has 240 valence electrons. The van der Waals surface area contributed by atoms with E-state index < -0.39 is 6.67 Å². The van der Waals surface area contributed by atoms with Crippen LogP contribution >= 0.6 is 0 Å². The van der Waals surface area contributed by atoms with Crippen molar-refractivity contribution in [2.75, 3.05) is 40.0 Å². The van der Waals surface area contributed by atoms with Crippen LogP contribution in [0.5, 0.6) is 5.88 Å². The summed E-state index contributed by atoms with van der Waals surface area (Å²) in [6.07, 6.45) is 2.55. The Balaban J connectivity index is 1.39. The van der Waals surface area contributed by atoms with Gasteiger partial charge in [-0.15, -0.1) is 0 Å². The highest BCUT2D eigenvalue weighted by Crippen LogP contribution is 2.43. The number of carbonyl (C=O) groups is 1. The van der Waals surface area contributed by atoms with E-state index in [1.165, 1.54) is 18.1 Å². The van der Waals surface area contributed by atoms with Gasteiger partial charge >= 0.3 is 5.97 Å². The Morgan fingerprint density at radius 3 is 2.75 bits per heavy atom. The van der Waals surface area contributed by atoms with Crippen molar-refractivity contribution < 1.29 is 28.1 Å². The molecule has 0 spiro atoms. The fourth-order valence-electron chi connectivity index (χ4n) is 6.36. The predicted molar refractivity (Wildman–Crippen MR) is 167 cm³/mol. The molecular formula is C34H47FN4O5. The average Bonchev–Trinajstić information content (AvgIpc) is 3.63. The topological polar surface area (TPSA) is 92.4 Å². The van der Waals surface area contributed by atoms with Gasteiger partial charge in [-0.05, 0) is 70.7 Å². The number of methoxy groups -OCH3 is 1. The molecule has 1 fully saturated rings. The van der Waals surface area contributed by atoms with Gasteiger partial charge < -0.3 is 23.9 Å². The summed E-state index contributed by atoms with van der Waals surface area (Å²) in [7, 11) is 1.44. The number of carbonyl (C=O) groups excluding carboxylic acids is 1. The number of H-pyrrole nitrogens is 1. The smallest absolute Gasteiger partial charge is 0.309 e. The van der Waals surface area contributed by atoms with Crippen LogP contribution in [0.1, 0.15) is 69.5 Å². The summed E-state index contributed by atoms with van der Waals surface area (Å²) in [5, 5.41) is 1.23. The first-order valence-corrected chi connectivity index (χ1v) is 15.7. The van der Waals surface area contributed by atoms with E-state index >= 15 is 0 Å². The third-order valence-corrected chi connectivity index (χ3v) is 8.56. The number of halogens is 1. The van der Waals surface area contributed by atoms with E-state index in [4.69, 9.17) is 18.9 Å². The zero-order valence-electron chi connectivity index (χ0n) is 27.1. The van der Waals surface area contributed by atoms with Crippen molar-refractivity contribution >= 4 is 16.9 Å². The number of nitrogens with one attached hydrogen (secondary N) is 1. The van der Waals surface area contributed by atoms with Crippen molar-refractivity contribution in [2.45, 2.75) is 84.6 Å². The molecule has 10 heteroatoms. The molecule has 5 rings (SSSR count). The Labute approximate surface area is 260 Å². The summed E-state index contributed by atoms with van der Waals surface area (Å²) in [5.74, 6) is 0.0461. The zero-order chi connectivity index (χ0) is 31.6. The molecule has 3 aromatic rings. The summed E-state index contributed by atoms with van der Waals surface area (Å²) in [6, 6.07) is 10.5. The van der Waals surface area contributed by atoms with Crippen molar-refractivity contribution in [1.29, 1.82) is 0 Å². The third-order valence-electron chi connectivity index (χ3n) is 8.56. The van der Waals surface area contributed by atoms with E-state index in [1.54, 1.807) is 6.20 Å². The molecule has 2 aliphatic heterocycles. The molecule has 1 N–H and O–H groups in total. The van der Waals surface area contributed by atoms with E-state index in [1.807, 2.05) is 40.7 Å². The van der Waals surface area contributed by atoms with Crippen LogP contribution < -0.4 is 4.74 Å². The molecule has 4 heterocycles. The number of hydrogen-bond donors (Lipinski definition) is 1. The normalized spacial score (nSPS) is 22.7. The molecule has 0 amide bonds. The largest absolute Gasteiger partial charge is 0.476 e. The minimum Gasteiger partial charge on any atom is -0.476 e. The number of ether oxygens (including phenoxy) is 4. The first-order chi connectivity index (χ1) is 21.0. The van der Waals surface area contributed by atoms with Gasteiger partial charge in [0, 0.05) is 54.0 Å². The van der Waals surface area contributed by atoms with E-state index in [0.717, 1.165) is 28.8 Å². The van der Waals surface area contributed by atoms with Gasteiger partial charge in [-0.2, -0.15) is 0 Å². The Hall–Kier alpha value is -3.05. The molecule has 0 radical (unpaired) electrons. The standard InChI is InChI=1S/C34H47FN4O5/c1-21(32(40)41-7)20-39-22(2)19-26-25-11-8-9-12-27(25)37-28(26)29(39)24-13-15-36-30(23(24)3)42-18-17-38(16-10-14-35)31-33(43-31)44-34(4,5)6/h8-9,11-13,15,21-22,29,31,33,37H,10,14,16-20H2,1-7H3/t21-,22-,29-,31?,33?/m1/s1. The van der Waals surface area contributed by atoms with Gasteiger partial charge in [0.1, 0.15) is 6.61 Å². The number of esters is 1. The highest BCUT2D eigenvalue weighted by Gasteiger charge is 2.46. The number of hydrogen-bond acceptors (Lipinski definition) is 8. The third kappa shape index (κ3) is 7.09. The Kier molecular flexibility index (Phi) is 9.94. The second kappa shape index (κ2) is 13.5. The summed E-state index contributed by atoms with van der Waals surface area (Å²) >= 11 is 0. The molecule has 2 aromatic heterocycles. The van der Waals surface area contributed by atoms with Crippen LogP contribution in [0, 0.1) is 12.8 Å². The molecule has 1 saturated heterocycles. The quantitative estimate of drug-likeness (QED) is 0.199. The van der Waals surface area contributed by atoms with Crippen LogP contribution in [0.2, 0.25) is 0 Å². The molecule has 0 aliphatic carbocycles. The molecular weight excluding hydrogens is 563 g/mol. The van der Waals surface area contributed by atoms with Crippen molar-refractivity contribution in [1.82, 2.24) is 19.8 Å². The zero-order valence-corrected chi connectivity index (χ0v) is 27.1. The summed E-state index contributed by atoms with van der Waals surface area (Å²) in [5.41, 5.74) is 5.23. The van der Waals surface area contributed by atoms with Crippen LogP contribution in [0.4, 0.5) is 4.39 Å². The SMILES string of the molecule is COC(=O)[C@H](C)CN1[C@H](c2ccnc(OCCN(CCCF)C3OC3OC(C)(C)C)c2C)c2[nH]c3ccccc3c2C[C@H]1C. The molecule has 44 heavy (non-hydrogen) atoms. The maximum Gasteiger partial charge on any atom is 0.309 e. The monoisotopic (exact) mass is 610 g/mol. The number of aromatic amines is 1. The maximum absolute atomic E-state index is 13.1. The summed E-state index contributed by atoms with van der Waals surface area (Å²) in [6.45, 7) is 13.8. The van der Waals surface area contributed by atoms with Crippen LogP contribution in [0.15, 0.2) is 36.5 Å². The van der Waals surface area contributed by atoms with Crippen molar-refractivity contribution in [3.05, 3.63) is 58.9 Å². The predicted octanol–water partition coefficient (Wildman–Crippen LogP) is 5.55. The summed E-state index contributed by atoms with van der Waals surface area (Å²) in [4.78, 5) is 25.3. The number of benzene rings is 1. The van der Waals surface area contributed by atoms with E-state index in [0.29, 0.717) is 38.5 Å². The van der Waals surface area contributed by atoms with Crippen molar-refractivity contribution in [3.63, 3.8) is 0 Å². The van der Waals surface area contributed by atoms with E-state index in [-0.39, 0.29) is 42.1 Å². The van der Waals surface area contributed by atoms with E-state index in [2.05, 4.69) is 51.0 Å². The Morgan fingerprint density at radius 2 is 2.02 bits per heavy atom. The minimum absolute atomic E-state index is 0.130. The second-order valence-electron chi connectivity index (χ2n) is 13.0. The maximum atomic E-state index is 13.1. The number of rotatable bonds is 13. The van der Waals surface area contributed by atoms with Gasteiger partial charge in [0.15, 0.2) is 12.5 Å². The van der Waals surface area contributed by atoms with Gasteiger partial charge in [0.05, 0.1) is 31.3 Å². The van der Waals surface area contributed by atoms with Crippen molar-refractivity contribution in [3.8, 4) is 5.88 Å². The van der Waals surface area contributed by atoms with Gasteiger partial charge in [-0.1, -0.05) is 25.1 Å². The number of nitrogens with zero attached hydrogens (tertiary/aromatic N) is 3. The molecule has 5 atom stereocenters. The van der Waals surface area contributed by atoms with Crippen molar-refractivity contribution in [2.24, 2.45) is 5.92 Å². The first-order valence-electron chi connectivity index (χ1n) is 15.7. The lowest BCUT2D eigenvalue weighted by Gasteiger charge is -2.42. The number of fused-ring (bicyclic) bond motifs is 3. The van der Waals surface area contributed by atoms with Crippen LogP contribution in [0.3, 0.4) is 0 Å². The molecule has 1 aromatic carbocycles. The fourth-order valence-corrected chi connectivity index (χ4v) is 6.36. The average molecular weight is 611 g/mol. The van der Waals surface area contributed by atoms with Gasteiger partial charge in [0.25, 0.3) is 0 Å². The molecule has 0 saturated carbocycles. The summed E-state index contributed by atoms with van der Waals surface area (Å²) < 4.78 is 36.2.